The Hall–Kier alpha value is -0.0400. The molecule has 0 spiro atoms. The van der Waals surface area contributed by atoms with Crippen LogP contribution in [0.15, 0.2) is 0 Å². The maximum atomic E-state index is 5.28. The maximum absolute atomic E-state index is 5.28. The van der Waals surface area contributed by atoms with E-state index in [1.54, 1.807) is 0 Å². The van der Waals surface area contributed by atoms with Crippen LogP contribution >= 0.6 is 0 Å². The minimum absolute atomic E-state index is 0.422. The average molecular weight is 115 g/mol. The van der Waals surface area contributed by atoms with Crippen LogP contribution < -0.4 is 0 Å². The molecule has 49 valence electrons. The smallest absolute Gasteiger partial charge is 0.0544 e. The highest BCUT2D eigenvalue weighted by atomic mass is 16.5. The summed E-state index contributed by atoms with van der Waals surface area (Å²) in [6.45, 7) is 7.00. The molecule has 0 aliphatic heterocycles. The van der Waals surface area contributed by atoms with Crippen LogP contribution in [0.1, 0.15) is 27.2 Å². The van der Waals surface area contributed by atoms with E-state index in [1.807, 2.05) is 13.3 Å². The Morgan fingerprint density at radius 1 is 1.62 bits per heavy atom. The van der Waals surface area contributed by atoms with Crippen LogP contribution in [-0.2, 0) is 4.74 Å². The summed E-state index contributed by atoms with van der Waals surface area (Å²) >= 11 is 0. The van der Waals surface area contributed by atoms with Crippen molar-refractivity contribution in [2.45, 2.75) is 33.3 Å². The predicted octanol–water partition coefficient (Wildman–Crippen LogP) is 2.03. The molecule has 0 rings (SSSR count). The van der Waals surface area contributed by atoms with Gasteiger partial charge >= 0.3 is 0 Å². The zero-order valence-electron chi connectivity index (χ0n) is 5.98. The van der Waals surface area contributed by atoms with Crippen molar-refractivity contribution in [3.8, 4) is 0 Å². The first-order chi connectivity index (χ1) is 3.81. The Balaban J connectivity index is 2.86. The zero-order valence-corrected chi connectivity index (χ0v) is 5.98. The average Bonchev–Trinajstić information content (AvgIpc) is 1.83. The molecule has 1 nitrogen and oxygen atoms in total. The van der Waals surface area contributed by atoms with E-state index >= 15 is 0 Å². The van der Waals surface area contributed by atoms with E-state index < -0.39 is 0 Å². The molecule has 0 amide bonds. The van der Waals surface area contributed by atoms with E-state index in [-0.39, 0.29) is 0 Å². The Kier molecular flexibility index (Phi) is 5.08. The fraction of sp³-hybridized carbons (Fsp3) is 0.857. The second-order valence-electron chi connectivity index (χ2n) is 1.96. The molecule has 0 aromatic carbocycles. The molecule has 0 aromatic heterocycles. The van der Waals surface area contributed by atoms with Gasteiger partial charge in [-0.2, -0.15) is 0 Å². The fourth-order valence-electron chi connectivity index (χ4n) is 0.378. The summed E-state index contributed by atoms with van der Waals surface area (Å²) in [6.07, 6.45) is 3.55. The summed E-state index contributed by atoms with van der Waals surface area (Å²) < 4.78 is 5.28. The van der Waals surface area contributed by atoms with Crippen LogP contribution in [0.4, 0.5) is 0 Å². The van der Waals surface area contributed by atoms with E-state index in [0.29, 0.717) is 6.10 Å². The quantitative estimate of drug-likeness (QED) is 0.544. The van der Waals surface area contributed by atoms with Crippen LogP contribution in [-0.4, -0.2) is 12.7 Å². The SMILES string of the molecule is C[CH]COC(C)CC. The lowest BCUT2D eigenvalue weighted by molar-refractivity contribution is 0.0794. The lowest BCUT2D eigenvalue weighted by atomic mass is 10.3. The fourth-order valence-corrected chi connectivity index (χ4v) is 0.378. The summed E-state index contributed by atoms with van der Waals surface area (Å²) in [5.41, 5.74) is 0. The Labute approximate surface area is 52.0 Å². The molecular weight excluding hydrogens is 100 g/mol. The van der Waals surface area contributed by atoms with E-state index in [2.05, 4.69) is 13.8 Å². The first-order valence-corrected chi connectivity index (χ1v) is 3.20. The normalized spacial score (nSPS) is 13.9. The highest BCUT2D eigenvalue weighted by Crippen LogP contribution is 1.94. The molecule has 0 fully saturated rings. The minimum Gasteiger partial charge on any atom is -0.378 e. The first kappa shape index (κ1) is 7.96. The van der Waals surface area contributed by atoms with Gasteiger partial charge in [-0.1, -0.05) is 13.8 Å². The molecule has 0 aliphatic rings. The third-order valence-corrected chi connectivity index (χ3v) is 1.12. The summed E-state index contributed by atoms with van der Waals surface area (Å²) in [5, 5.41) is 0. The molecule has 0 aromatic rings. The molecule has 0 N–H and O–H groups in total. The van der Waals surface area contributed by atoms with Gasteiger partial charge in [-0.25, -0.2) is 0 Å². The van der Waals surface area contributed by atoms with Gasteiger partial charge in [0, 0.05) is 6.61 Å². The van der Waals surface area contributed by atoms with Crippen LogP contribution in [0.2, 0.25) is 0 Å². The van der Waals surface area contributed by atoms with E-state index in [9.17, 15) is 0 Å². The van der Waals surface area contributed by atoms with Gasteiger partial charge < -0.3 is 4.74 Å². The van der Waals surface area contributed by atoms with Crippen LogP contribution in [0.5, 0.6) is 0 Å². The van der Waals surface area contributed by atoms with Gasteiger partial charge in [-0.05, 0) is 19.8 Å². The molecule has 8 heavy (non-hydrogen) atoms. The van der Waals surface area contributed by atoms with Crippen LogP contribution in [0.25, 0.3) is 0 Å². The molecule has 1 atom stereocenters. The topological polar surface area (TPSA) is 9.23 Å². The number of hydrogen-bond donors (Lipinski definition) is 0. The molecule has 0 heterocycles. The standard InChI is InChI=1S/C7H15O/c1-4-6-8-7(3)5-2/h4,7H,5-6H2,1-3H3. The van der Waals surface area contributed by atoms with Crippen molar-refractivity contribution in [1.29, 1.82) is 0 Å². The van der Waals surface area contributed by atoms with Gasteiger partial charge in [0.2, 0.25) is 0 Å². The third-order valence-electron chi connectivity index (χ3n) is 1.12. The van der Waals surface area contributed by atoms with Crippen molar-refractivity contribution >= 4 is 0 Å². The van der Waals surface area contributed by atoms with Gasteiger partial charge in [0.15, 0.2) is 0 Å². The second kappa shape index (κ2) is 5.10. The van der Waals surface area contributed by atoms with Crippen molar-refractivity contribution in [3.05, 3.63) is 6.42 Å². The minimum atomic E-state index is 0.422. The summed E-state index contributed by atoms with van der Waals surface area (Å²) in [4.78, 5) is 0. The van der Waals surface area contributed by atoms with Crippen molar-refractivity contribution in [3.63, 3.8) is 0 Å². The summed E-state index contributed by atoms with van der Waals surface area (Å²) in [5.74, 6) is 0. The third kappa shape index (κ3) is 4.13. The number of hydrogen-bond acceptors (Lipinski definition) is 1. The lowest BCUT2D eigenvalue weighted by Gasteiger charge is -2.07. The highest BCUT2D eigenvalue weighted by Gasteiger charge is 1.93. The van der Waals surface area contributed by atoms with Crippen molar-refractivity contribution < 1.29 is 4.74 Å². The molecule has 1 heteroatoms. The highest BCUT2D eigenvalue weighted by molar-refractivity contribution is 4.54. The molecule has 0 bridgehead atoms. The Morgan fingerprint density at radius 2 is 2.25 bits per heavy atom. The van der Waals surface area contributed by atoms with Gasteiger partial charge in [0.1, 0.15) is 0 Å². The van der Waals surface area contributed by atoms with Gasteiger partial charge in [0.25, 0.3) is 0 Å². The molecule has 1 unspecified atom stereocenters. The molecular formula is C7H15O. The maximum Gasteiger partial charge on any atom is 0.0544 e. The molecule has 0 saturated heterocycles. The van der Waals surface area contributed by atoms with Crippen molar-refractivity contribution in [2.75, 3.05) is 6.61 Å². The summed E-state index contributed by atoms with van der Waals surface area (Å²) in [7, 11) is 0. The van der Waals surface area contributed by atoms with E-state index in [1.165, 1.54) is 0 Å². The van der Waals surface area contributed by atoms with Crippen LogP contribution in [0.3, 0.4) is 0 Å². The molecule has 1 radical (unpaired) electrons. The largest absolute Gasteiger partial charge is 0.378 e. The predicted molar refractivity (Wildman–Crippen MR) is 35.7 cm³/mol. The van der Waals surface area contributed by atoms with Crippen molar-refractivity contribution in [2.24, 2.45) is 0 Å². The zero-order chi connectivity index (χ0) is 6.41. The Morgan fingerprint density at radius 3 is 2.62 bits per heavy atom. The Bertz CT molecular complexity index is 43.7. The van der Waals surface area contributed by atoms with Gasteiger partial charge in [-0.15, -0.1) is 0 Å². The second-order valence-corrected chi connectivity index (χ2v) is 1.96. The van der Waals surface area contributed by atoms with Crippen molar-refractivity contribution in [1.82, 2.24) is 0 Å². The van der Waals surface area contributed by atoms with Gasteiger partial charge in [0.05, 0.1) is 6.10 Å². The van der Waals surface area contributed by atoms with E-state index in [4.69, 9.17) is 4.74 Å². The summed E-state index contributed by atoms with van der Waals surface area (Å²) in [6, 6.07) is 0. The van der Waals surface area contributed by atoms with Crippen LogP contribution in [0, 0.1) is 6.42 Å². The van der Waals surface area contributed by atoms with E-state index in [0.717, 1.165) is 13.0 Å². The lowest BCUT2D eigenvalue weighted by Crippen LogP contribution is -2.06. The first-order valence-electron chi connectivity index (χ1n) is 3.20. The number of rotatable bonds is 4. The molecule has 0 aliphatic carbocycles. The number of ether oxygens (including phenoxy) is 1. The van der Waals surface area contributed by atoms with Gasteiger partial charge in [-0.3, -0.25) is 0 Å². The molecule has 0 saturated carbocycles. The monoisotopic (exact) mass is 115 g/mol.